The zero-order valence-electron chi connectivity index (χ0n) is 10.9. The van der Waals surface area contributed by atoms with Crippen LogP contribution in [0.5, 0.6) is 0 Å². The average Bonchev–Trinajstić information content (AvgIpc) is 3.17. The molecule has 0 radical (unpaired) electrons. The summed E-state index contributed by atoms with van der Waals surface area (Å²) in [5, 5.41) is 0. The molecular weight excluding hydrogens is 252 g/mol. The number of anilines is 2. The number of hydrogen-bond donors (Lipinski definition) is 1. The molecule has 2 aliphatic rings. The van der Waals surface area contributed by atoms with Gasteiger partial charge in [0.2, 0.25) is 0 Å². The predicted molar refractivity (Wildman–Crippen MR) is 75.5 cm³/mol. The summed E-state index contributed by atoms with van der Waals surface area (Å²) in [6, 6.07) is 8.10. The van der Waals surface area contributed by atoms with Crippen LogP contribution in [-0.4, -0.2) is 22.4 Å². The van der Waals surface area contributed by atoms with Gasteiger partial charge in [-0.2, -0.15) is 0 Å². The van der Waals surface area contributed by atoms with Gasteiger partial charge in [0.15, 0.2) is 11.5 Å². The zero-order valence-corrected chi connectivity index (χ0v) is 10.9. The molecule has 4 rings (SSSR count). The number of benzene rings is 1. The number of nitrogen functional groups attached to an aromatic ring is 1. The normalized spacial score (nSPS) is 18.1. The molecule has 1 spiro atoms. The second-order valence-electron chi connectivity index (χ2n) is 5.48. The van der Waals surface area contributed by atoms with Crippen molar-refractivity contribution in [1.29, 1.82) is 0 Å². The SMILES string of the molecule is Nc1nccnc1C(=O)N1CC2(CC2)c2ccccc21. The van der Waals surface area contributed by atoms with E-state index in [9.17, 15) is 4.79 Å². The molecule has 1 fully saturated rings. The van der Waals surface area contributed by atoms with Crippen molar-refractivity contribution in [2.75, 3.05) is 17.2 Å². The monoisotopic (exact) mass is 266 g/mol. The smallest absolute Gasteiger partial charge is 0.280 e. The fourth-order valence-electron chi connectivity index (χ4n) is 3.03. The fourth-order valence-corrected chi connectivity index (χ4v) is 3.03. The van der Waals surface area contributed by atoms with Gasteiger partial charge in [-0.1, -0.05) is 18.2 Å². The molecule has 2 heterocycles. The van der Waals surface area contributed by atoms with E-state index in [-0.39, 0.29) is 22.8 Å². The Morgan fingerprint density at radius 1 is 1.20 bits per heavy atom. The molecule has 1 aromatic carbocycles. The van der Waals surface area contributed by atoms with Crippen molar-refractivity contribution in [3.8, 4) is 0 Å². The molecule has 1 aliphatic carbocycles. The summed E-state index contributed by atoms with van der Waals surface area (Å²) in [5.74, 6) is 0.0264. The van der Waals surface area contributed by atoms with Crippen molar-refractivity contribution in [3.63, 3.8) is 0 Å². The molecule has 0 atom stereocenters. The number of fused-ring (bicyclic) bond motifs is 2. The van der Waals surface area contributed by atoms with E-state index in [1.807, 2.05) is 18.2 Å². The Morgan fingerprint density at radius 3 is 2.70 bits per heavy atom. The molecule has 2 N–H and O–H groups in total. The fraction of sp³-hybridized carbons (Fsp3) is 0.267. The van der Waals surface area contributed by atoms with Crippen LogP contribution in [0.25, 0.3) is 0 Å². The van der Waals surface area contributed by atoms with Gasteiger partial charge in [-0.25, -0.2) is 9.97 Å². The molecule has 20 heavy (non-hydrogen) atoms. The number of para-hydroxylation sites is 1. The summed E-state index contributed by atoms with van der Waals surface area (Å²) >= 11 is 0. The van der Waals surface area contributed by atoms with E-state index in [0.717, 1.165) is 25.1 Å². The van der Waals surface area contributed by atoms with Gasteiger partial charge in [0.05, 0.1) is 0 Å². The molecule has 0 unspecified atom stereocenters. The Kier molecular flexibility index (Phi) is 2.16. The average molecular weight is 266 g/mol. The first-order chi connectivity index (χ1) is 9.71. The molecule has 5 nitrogen and oxygen atoms in total. The summed E-state index contributed by atoms with van der Waals surface area (Å²) in [4.78, 5) is 22.5. The maximum Gasteiger partial charge on any atom is 0.280 e. The Bertz CT molecular complexity index is 709. The van der Waals surface area contributed by atoms with E-state index < -0.39 is 0 Å². The summed E-state index contributed by atoms with van der Waals surface area (Å²) in [7, 11) is 0. The molecule has 2 aromatic rings. The minimum Gasteiger partial charge on any atom is -0.382 e. The topological polar surface area (TPSA) is 72.1 Å². The number of hydrogen-bond acceptors (Lipinski definition) is 4. The zero-order chi connectivity index (χ0) is 13.7. The molecule has 0 saturated heterocycles. The van der Waals surface area contributed by atoms with Crippen LogP contribution in [0.4, 0.5) is 11.5 Å². The minimum atomic E-state index is -0.160. The van der Waals surface area contributed by atoms with Crippen LogP contribution in [0.3, 0.4) is 0 Å². The van der Waals surface area contributed by atoms with Crippen molar-refractivity contribution < 1.29 is 4.79 Å². The third-order valence-electron chi connectivity index (χ3n) is 4.25. The van der Waals surface area contributed by atoms with Crippen molar-refractivity contribution >= 4 is 17.4 Å². The number of carbonyl (C=O) groups excluding carboxylic acids is 1. The highest BCUT2D eigenvalue weighted by Crippen LogP contribution is 2.56. The predicted octanol–water partition coefficient (Wildman–Crippen LogP) is 1.75. The highest BCUT2D eigenvalue weighted by molar-refractivity contribution is 6.09. The first-order valence-electron chi connectivity index (χ1n) is 6.69. The molecule has 1 amide bonds. The van der Waals surface area contributed by atoms with E-state index in [2.05, 4.69) is 16.0 Å². The van der Waals surface area contributed by atoms with Crippen LogP contribution in [0.15, 0.2) is 36.7 Å². The third-order valence-corrected chi connectivity index (χ3v) is 4.25. The second kappa shape index (κ2) is 3.79. The van der Waals surface area contributed by atoms with Crippen LogP contribution in [0.1, 0.15) is 28.9 Å². The van der Waals surface area contributed by atoms with E-state index in [1.54, 1.807) is 4.90 Å². The van der Waals surface area contributed by atoms with Crippen LogP contribution >= 0.6 is 0 Å². The minimum absolute atomic E-state index is 0.160. The van der Waals surface area contributed by atoms with Crippen molar-refractivity contribution in [2.45, 2.75) is 18.3 Å². The maximum absolute atomic E-state index is 12.7. The number of nitrogens with two attached hydrogens (primary N) is 1. The first-order valence-corrected chi connectivity index (χ1v) is 6.69. The largest absolute Gasteiger partial charge is 0.382 e. The molecule has 1 aliphatic heterocycles. The van der Waals surface area contributed by atoms with E-state index in [1.165, 1.54) is 18.0 Å². The highest BCUT2D eigenvalue weighted by Gasteiger charge is 2.53. The molecule has 0 bridgehead atoms. The van der Waals surface area contributed by atoms with Crippen LogP contribution in [0.2, 0.25) is 0 Å². The molecule has 1 saturated carbocycles. The van der Waals surface area contributed by atoms with Crippen LogP contribution < -0.4 is 10.6 Å². The number of nitrogens with zero attached hydrogens (tertiary/aromatic N) is 3. The first kappa shape index (κ1) is 11.4. The van der Waals surface area contributed by atoms with Gasteiger partial charge in [-0.05, 0) is 24.5 Å². The van der Waals surface area contributed by atoms with Crippen molar-refractivity contribution in [1.82, 2.24) is 9.97 Å². The lowest BCUT2D eigenvalue weighted by Crippen LogP contribution is -2.32. The van der Waals surface area contributed by atoms with Gasteiger partial charge >= 0.3 is 0 Å². The number of aromatic nitrogens is 2. The molecular formula is C15H14N4O. The Labute approximate surface area is 116 Å². The van der Waals surface area contributed by atoms with Gasteiger partial charge in [0.25, 0.3) is 5.91 Å². The van der Waals surface area contributed by atoms with Gasteiger partial charge in [0.1, 0.15) is 0 Å². The summed E-state index contributed by atoms with van der Waals surface area (Å²) < 4.78 is 0. The summed E-state index contributed by atoms with van der Waals surface area (Å²) in [6.07, 6.45) is 5.28. The van der Waals surface area contributed by atoms with Gasteiger partial charge in [-0.3, -0.25) is 4.79 Å². The van der Waals surface area contributed by atoms with Gasteiger partial charge in [-0.15, -0.1) is 0 Å². The maximum atomic E-state index is 12.7. The third kappa shape index (κ3) is 1.46. The summed E-state index contributed by atoms with van der Waals surface area (Å²) in [5.41, 5.74) is 8.44. The second-order valence-corrected chi connectivity index (χ2v) is 5.48. The van der Waals surface area contributed by atoms with E-state index >= 15 is 0 Å². The van der Waals surface area contributed by atoms with Crippen LogP contribution in [-0.2, 0) is 5.41 Å². The lowest BCUT2D eigenvalue weighted by Gasteiger charge is -2.17. The van der Waals surface area contributed by atoms with Crippen molar-refractivity contribution in [3.05, 3.63) is 47.9 Å². The molecule has 1 aromatic heterocycles. The Morgan fingerprint density at radius 2 is 1.95 bits per heavy atom. The Hall–Kier alpha value is -2.43. The number of rotatable bonds is 1. The van der Waals surface area contributed by atoms with E-state index in [4.69, 9.17) is 5.73 Å². The van der Waals surface area contributed by atoms with E-state index in [0.29, 0.717) is 0 Å². The summed E-state index contributed by atoms with van der Waals surface area (Å²) in [6.45, 7) is 0.723. The van der Waals surface area contributed by atoms with Gasteiger partial charge in [0, 0.05) is 30.0 Å². The highest BCUT2D eigenvalue weighted by atomic mass is 16.2. The number of carbonyl (C=O) groups is 1. The standard InChI is InChI=1S/C15H14N4O/c16-13-12(17-7-8-18-13)14(20)19-9-15(5-6-15)10-3-1-2-4-11(10)19/h1-4,7-8H,5-6,9H2,(H2,16,18). The lowest BCUT2D eigenvalue weighted by atomic mass is 9.99. The Balaban J connectivity index is 1.78. The molecule has 100 valence electrons. The van der Waals surface area contributed by atoms with Crippen LogP contribution in [0, 0.1) is 0 Å². The lowest BCUT2D eigenvalue weighted by molar-refractivity contribution is 0.0983. The quantitative estimate of drug-likeness (QED) is 0.853. The van der Waals surface area contributed by atoms with Crippen molar-refractivity contribution in [2.24, 2.45) is 0 Å². The number of amides is 1. The van der Waals surface area contributed by atoms with Gasteiger partial charge < -0.3 is 10.6 Å². The molecule has 5 heteroatoms.